The van der Waals surface area contributed by atoms with Gasteiger partial charge in [-0.25, -0.2) is 9.59 Å². The number of hydrogen-bond donors (Lipinski definition) is 0. The zero-order valence-electron chi connectivity index (χ0n) is 27.2. The number of aryl methyl sites for hydroxylation is 1. The second-order valence-electron chi connectivity index (χ2n) is 11.7. The first kappa shape index (κ1) is 41.7. The van der Waals surface area contributed by atoms with Crippen molar-refractivity contribution in [3.63, 3.8) is 0 Å². The average molecular weight is 763 g/mol. The first-order valence-corrected chi connectivity index (χ1v) is 16.4. The van der Waals surface area contributed by atoms with Gasteiger partial charge in [-0.3, -0.25) is 0 Å². The minimum atomic E-state index is -6.55. The molecular formula is C34H33F11O5S. The van der Waals surface area contributed by atoms with Crippen molar-refractivity contribution in [3.8, 4) is 16.9 Å². The van der Waals surface area contributed by atoms with E-state index in [4.69, 9.17) is 4.42 Å². The number of carbonyl (C=O) groups is 1. The van der Waals surface area contributed by atoms with Gasteiger partial charge in [-0.2, -0.15) is 35.1 Å². The van der Waals surface area contributed by atoms with Crippen molar-refractivity contribution in [2.75, 3.05) is 12.4 Å². The van der Waals surface area contributed by atoms with Crippen molar-refractivity contribution in [1.29, 1.82) is 0 Å². The standard InChI is InChI=1S/C34H33F11O5S/c1-4-5-6-7-8-21-9-12-24(27(17-21)50-34(43,44)45)25-18-22-10-11-23(19-26(22)49-29(25)47)51-16-14-31(37,38)33(41,42)32(39,40)30(35,36)13-15-48-28(46)20(2)3/h9-12,17-19H,2,4-8,13-16H2,1,3H3. The molecule has 1 heterocycles. The highest BCUT2D eigenvalue weighted by molar-refractivity contribution is 7.99. The molecule has 0 aliphatic rings. The number of alkyl halides is 11. The summed E-state index contributed by atoms with van der Waals surface area (Å²) in [4.78, 5) is 24.2. The van der Waals surface area contributed by atoms with E-state index in [-0.39, 0.29) is 32.6 Å². The first-order chi connectivity index (χ1) is 23.5. The fraction of sp³-hybridized carbons (Fsp3) is 0.471. The van der Waals surface area contributed by atoms with Gasteiger partial charge in [0, 0.05) is 33.6 Å². The predicted octanol–water partition coefficient (Wildman–Crippen LogP) is 11.0. The van der Waals surface area contributed by atoms with Crippen LogP contribution in [0.25, 0.3) is 22.1 Å². The second kappa shape index (κ2) is 16.3. The summed E-state index contributed by atoms with van der Waals surface area (Å²) in [5.41, 5.74) is -1.57. The Kier molecular flexibility index (Phi) is 13.3. The van der Waals surface area contributed by atoms with Gasteiger partial charge in [-0.1, -0.05) is 51.0 Å². The van der Waals surface area contributed by atoms with Crippen LogP contribution in [0.2, 0.25) is 0 Å². The Bertz CT molecular complexity index is 1750. The van der Waals surface area contributed by atoms with E-state index in [1.165, 1.54) is 30.3 Å². The fourth-order valence-corrected chi connectivity index (χ4v) is 5.69. The van der Waals surface area contributed by atoms with Crippen LogP contribution in [-0.2, 0) is 16.0 Å². The summed E-state index contributed by atoms with van der Waals surface area (Å²) in [5.74, 6) is -27.3. The van der Waals surface area contributed by atoms with Gasteiger partial charge in [0.15, 0.2) is 0 Å². The third-order valence-corrected chi connectivity index (χ3v) is 8.58. The van der Waals surface area contributed by atoms with Gasteiger partial charge in [0.2, 0.25) is 0 Å². The Morgan fingerprint density at radius 3 is 2.08 bits per heavy atom. The molecule has 0 saturated heterocycles. The molecule has 3 aromatic rings. The lowest BCUT2D eigenvalue weighted by Crippen LogP contribution is -2.62. The van der Waals surface area contributed by atoms with E-state index in [9.17, 15) is 57.9 Å². The Morgan fingerprint density at radius 2 is 1.47 bits per heavy atom. The van der Waals surface area contributed by atoms with Crippen LogP contribution < -0.4 is 10.4 Å². The number of thioether (sulfide) groups is 1. The van der Waals surface area contributed by atoms with Crippen molar-refractivity contribution in [1.82, 2.24) is 0 Å². The lowest BCUT2D eigenvalue weighted by Gasteiger charge is -2.36. The van der Waals surface area contributed by atoms with Crippen LogP contribution in [0, 0.1) is 0 Å². The number of hydrogen-bond acceptors (Lipinski definition) is 6. The van der Waals surface area contributed by atoms with Crippen LogP contribution in [0.15, 0.2) is 68.7 Å². The summed E-state index contributed by atoms with van der Waals surface area (Å²) >= 11 is 0.424. The summed E-state index contributed by atoms with van der Waals surface area (Å²) < 4.78 is 168. The molecule has 0 saturated carbocycles. The molecule has 0 aliphatic heterocycles. The summed E-state index contributed by atoms with van der Waals surface area (Å²) in [5, 5.41) is 0.156. The molecule has 0 spiro atoms. The quantitative estimate of drug-likeness (QED) is 0.0321. The van der Waals surface area contributed by atoms with Crippen molar-refractivity contribution >= 4 is 28.7 Å². The van der Waals surface area contributed by atoms with Gasteiger partial charge < -0.3 is 13.9 Å². The van der Waals surface area contributed by atoms with Crippen LogP contribution in [-0.4, -0.2) is 48.4 Å². The second-order valence-corrected chi connectivity index (χ2v) is 12.8. The number of fused-ring (bicyclic) bond motifs is 1. The summed E-state index contributed by atoms with van der Waals surface area (Å²) in [6.45, 7) is 4.74. The lowest BCUT2D eigenvalue weighted by atomic mass is 9.95. The minimum Gasteiger partial charge on any atom is -0.462 e. The smallest absolute Gasteiger partial charge is 0.462 e. The molecular weight excluding hydrogens is 729 g/mol. The zero-order chi connectivity index (χ0) is 38.4. The maximum Gasteiger partial charge on any atom is 0.573 e. The highest BCUT2D eigenvalue weighted by Crippen LogP contribution is 2.55. The van der Waals surface area contributed by atoms with Crippen LogP contribution >= 0.6 is 11.8 Å². The number of unbranched alkanes of at least 4 members (excludes halogenated alkanes) is 3. The maximum absolute atomic E-state index is 14.4. The largest absolute Gasteiger partial charge is 0.573 e. The van der Waals surface area contributed by atoms with Gasteiger partial charge in [0.05, 0.1) is 18.6 Å². The third kappa shape index (κ3) is 10.2. The van der Waals surface area contributed by atoms with E-state index in [1.807, 2.05) is 6.92 Å². The molecule has 17 heteroatoms. The van der Waals surface area contributed by atoms with Gasteiger partial charge >= 0.3 is 41.6 Å². The molecule has 282 valence electrons. The molecule has 5 nitrogen and oxygen atoms in total. The van der Waals surface area contributed by atoms with Crippen molar-refractivity contribution < 1.29 is 67.0 Å². The van der Waals surface area contributed by atoms with Crippen LogP contribution in [0.3, 0.4) is 0 Å². The molecule has 0 N–H and O–H groups in total. The first-order valence-electron chi connectivity index (χ1n) is 15.5. The zero-order valence-corrected chi connectivity index (χ0v) is 28.0. The Balaban J connectivity index is 1.77. The fourth-order valence-electron chi connectivity index (χ4n) is 4.74. The SMILES string of the molecule is C=C(C)C(=O)OCCC(F)(F)C(F)(F)C(F)(F)C(F)(F)CCSc1ccc2cc(-c3ccc(CCCCCC)cc3OC(F)(F)F)c(=O)oc2c1. The predicted molar refractivity (Wildman–Crippen MR) is 168 cm³/mol. The molecule has 2 aromatic carbocycles. The highest BCUT2D eigenvalue weighted by Gasteiger charge is 2.79. The van der Waals surface area contributed by atoms with E-state index >= 15 is 0 Å². The summed E-state index contributed by atoms with van der Waals surface area (Å²) in [6.07, 6.45) is -5.29. The minimum absolute atomic E-state index is 0.0162. The topological polar surface area (TPSA) is 65.7 Å². The van der Waals surface area contributed by atoms with E-state index in [2.05, 4.69) is 16.1 Å². The highest BCUT2D eigenvalue weighted by atomic mass is 32.2. The maximum atomic E-state index is 14.4. The summed E-state index contributed by atoms with van der Waals surface area (Å²) in [7, 11) is 0. The molecule has 0 atom stereocenters. The number of esters is 1. The van der Waals surface area contributed by atoms with Crippen LogP contribution in [0.1, 0.15) is 57.9 Å². The van der Waals surface area contributed by atoms with Crippen molar-refractivity contribution in [3.05, 3.63) is 70.6 Å². The number of rotatable bonds is 18. The van der Waals surface area contributed by atoms with Crippen LogP contribution in [0.5, 0.6) is 5.75 Å². The number of benzene rings is 2. The van der Waals surface area contributed by atoms with Gasteiger partial charge in [0.1, 0.15) is 11.3 Å². The molecule has 0 bridgehead atoms. The normalized spacial score (nSPS) is 13.0. The molecule has 0 aliphatic carbocycles. The number of carbonyl (C=O) groups excluding carboxylic acids is 1. The lowest BCUT2D eigenvalue weighted by molar-refractivity contribution is -0.367. The Hall–Kier alpha value is -3.76. The molecule has 0 radical (unpaired) electrons. The monoisotopic (exact) mass is 762 g/mol. The van der Waals surface area contributed by atoms with Gasteiger partial charge in [0.25, 0.3) is 0 Å². The molecule has 3 rings (SSSR count). The number of halogens is 11. The van der Waals surface area contributed by atoms with E-state index < -0.39 is 72.6 Å². The van der Waals surface area contributed by atoms with Gasteiger partial charge in [-0.05, 0) is 49.6 Å². The van der Waals surface area contributed by atoms with Crippen molar-refractivity contribution in [2.45, 2.75) is 93.7 Å². The Labute approximate surface area is 289 Å². The van der Waals surface area contributed by atoms with E-state index in [0.717, 1.165) is 38.7 Å². The third-order valence-electron chi connectivity index (χ3n) is 7.58. The van der Waals surface area contributed by atoms with E-state index in [1.54, 1.807) is 6.07 Å². The molecule has 0 fully saturated rings. The van der Waals surface area contributed by atoms with Gasteiger partial charge in [-0.15, -0.1) is 24.9 Å². The van der Waals surface area contributed by atoms with E-state index in [0.29, 0.717) is 23.7 Å². The molecule has 0 amide bonds. The summed E-state index contributed by atoms with van der Waals surface area (Å²) in [6, 6.07) is 8.84. The molecule has 0 unspecified atom stereocenters. The molecule has 51 heavy (non-hydrogen) atoms. The van der Waals surface area contributed by atoms with Crippen molar-refractivity contribution in [2.24, 2.45) is 0 Å². The average Bonchev–Trinajstić information content (AvgIpc) is 3.01. The molecule has 1 aromatic heterocycles. The Morgan fingerprint density at radius 1 is 0.824 bits per heavy atom. The number of ether oxygens (including phenoxy) is 2. The van der Waals surface area contributed by atoms with Crippen LogP contribution in [0.4, 0.5) is 48.3 Å².